The third kappa shape index (κ3) is 3.03. The van der Waals surface area contributed by atoms with Crippen molar-refractivity contribution in [2.24, 2.45) is 5.92 Å². The van der Waals surface area contributed by atoms with E-state index in [0.717, 1.165) is 37.2 Å². The zero-order valence-corrected chi connectivity index (χ0v) is 14.1. The molecular formula is C20H18N4O. The number of hydrogen-bond acceptors (Lipinski definition) is 4. The molecule has 3 aromatic rings. The first-order chi connectivity index (χ1) is 12.2. The van der Waals surface area contributed by atoms with E-state index in [1.165, 1.54) is 0 Å². The van der Waals surface area contributed by atoms with Crippen molar-refractivity contribution in [2.45, 2.75) is 32.7 Å². The van der Waals surface area contributed by atoms with Gasteiger partial charge in [0.15, 0.2) is 5.52 Å². The van der Waals surface area contributed by atoms with Crippen LogP contribution in [0.2, 0.25) is 0 Å². The largest absolute Gasteiger partial charge is 0.295 e. The maximum absolute atomic E-state index is 12.7. The lowest BCUT2D eigenvalue weighted by molar-refractivity contribution is 0.363. The summed E-state index contributed by atoms with van der Waals surface area (Å²) in [5.74, 6) is 7.52. The van der Waals surface area contributed by atoms with Gasteiger partial charge in [0.1, 0.15) is 11.5 Å². The second-order valence-electron chi connectivity index (χ2n) is 6.31. The summed E-state index contributed by atoms with van der Waals surface area (Å²) in [6, 6.07) is 7.45. The standard InChI is InChI=1S/C20H18N4O/c1-2-14-8-10-24-18(12-14)23-17-11-15(13-22-19(17)20(24)25)6-7-16-5-3-4-9-21-16/h3-5,9,11,13-14H,2,8,10,12H2,1H3. The molecule has 0 aliphatic carbocycles. The lowest BCUT2D eigenvalue weighted by atomic mass is 9.95. The van der Waals surface area contributed by atoms with Crippen LogP contribution in [-0.4, -0.2) is 19.5 Å². The first-order valence-electron chi connectivity index (χ1n) is 8.57. The molecule has 5 nitrogen and oxygen atoms in total. The molecule has 0 saturated heterocycles. The topological polar surface area (TPSA) is 60.7 Å². The van der Waals surface area contributed by atoms with Crippen molar-refractivity contribution in [1.29, 1.82) is 0 Å². The highest BCUT2D eigenvalue weighted by Gasteiger charge is 2.21. The minimum atomic E-state index is -0.0428. The van der Waals surface area contributed by atoms with Crippen LogP contribution in [0.25, 0.3) is 11.0 Å². The van der Waals surface area contributed by atoms with Crippen LogP contribution < -0.4 is 5.56 Å². The Balaban J connectivity index is 1.76. The molecule has 5 heteroatoms. The van der Waals surface area contributed by atoms with Crippen LogP contribution in [0.4, 0.5) is 0 Å². The highest BCUT2D eigenvalue weighted by Crippen LogP contribution is 2.21. The molecule has 4 rings (SSSR count). The van der Waals surface area contributed by atoms with E-state index >= 15 is 0 Å². The first kappa shape index (κ1) is 15.5. The van der Waals surface area contributed by atoms with Gasteiger partial charge in [0.05, 0.1) is 5.52 Å². The number of nitrogens with zero attached hydrogens (tertiary/aromatic N) is 4. The summed E-state index contributed by atoms with van der Waals surface area (Å²) >= 11 is 0. The number of hydrogen-bond donors (Lipinski definition) is 0. The summed E-state index contributed by atoms with van der Waals surface area (Å²) in [6.45, 7) is 2.92. The van der Waals surface area contributed by atoms with Gasteiger partial charge in [-0.25, -0.2) is 15.0 Å². The highest BCUT2D eigenvalue weighted by atomic mass is 16.1. The Morgan fingerprint density at radius 1 is 1.28 bits per heavy atom. The van der Waals surface area contributed by atoms with Crippen LogP contribution in [0.3, 0.4) is 0 Å². The number of aromatic nitrogens is 4. The van der Waals surface area contributed by atoms with E-state index in [2.05, 4.69) is 28.7 Å². The summed E-state index contributed by atoms with van der Waals surface area (Å²) in [5.41, 5.74) is 2.44. The van der Waals surface area contributed by atoms with E-state index in [1.807, 2.05) is 24.3 Å². The molecule has 0 amide bonds. The Kier molecular flexibility index (Phi) is 4.02. The molecule has 124 valence electrons. The van der Waals surface area contributed by atoms with Crippen LogP contribution in [0.5, 0.6) is 0 Å². The van der Waals surface area contributed by atoms with Crippen LogP contribution >= 0.6 is 0 Å². The molecule has 3 aromatic heterocycles. The quantitative estimate of drug-likeness (QED) is 0.643. The number of pyridine rings is 2. The number of fused-ring (bicyclic) bond motifs is 2. The molecule has 1 aliphatic heterocycles. The van der Waals surface area contributed by atoms with Crippen molar-refractivity contribution in [2.75, 3.05) is 0 Å². The Morgan fingerprint density at radius 3 is 3.00 bits per heavy atom. The normalized spacial score (nSPS) is 16.1. The Morgan fingerprint density at radius 2 is 2.20 bits per heavy atom. The summed E-state index contributed by atoms with van der Waals surface area (Å²) < 4.78 is 1.78. The lowest BCUT2D eigenvalue weighted by Crippen LogP contribution is -2.32. The van der Waals surface area contributed by atoms with Crippen LogP contribution in [0.15, 0.2) is 41.5 Å². The number of rotatable bonds is 1. The molecule has 1 atom stereocenters. The summed E-state index contributed by atoms with van der Waals surface area (Å²) in [5, 5.41) is 0. The monoisotopic (exact) mass is 330 g/mol. The minimum Gasteiger partial charge on any atom is -0.295 e. The third-order valence-corrected chi connectivity index (χ3v) is 4.69. The molecule has 0 bridgehead atoms. The molecule has 4 heterocycles. The van der Waals surface area contributed by atoms with E-state index in [-0.39, 0.29) is 5.56 Å². The van der Waals surface area contributed by atoms with Crippen LogP contribution in [0.1, 0.15) is 36.8 Å². The van der Waals surface area contributed by atoms with Crippen molar-refractivity contribution in [1.82, 2.24) is 19.5 Å². The van der Waals surface area contributed by atoms with Gasteiger partial charge in [0, 0.05) is 30.9 Å². The van der Waals surface area contributed by atoms with Gasteiger partial charge in [0.25, 0.3) is 5.56 Å². The van der Waals surface area contributed by atoms with E-state index in [9.17, 15) is 4.79 Å². The van der Waals surface area contributed by atoms with E-state index < -0.39 is 0 Å². The van der Waals surface area contributed by atoms with Gasteiger partial charge in [-0.2, -0.15) is 0 Å². The summed E-state index contributed by atoms with van der Waals surface area (Å²) in [6.07, 6.45) is 6.34. The fraction of sp³-hybridized carbons (Fsp3) is 0.300. The molecule has 0 fully saturated rings. The predicted molar refractivity (Wildman–Crippen MR) is 96.1 cm³/mol. The van der Waals surface area contributed by atoms with Crippen molar-refractivity contribution in [3.63, 3.8) is 0 Å². The Hall–Kier alpha value is -3.00. The van der Waals surface area contributed by atoms with Gasteiger partial charge in [-0.15, -0.1) is 0 Å². The van der Waals surface area contributed by atoms with Crippen molar-refractivity contribution in [3.05, 3.63) is 64.1 Å². The third-order valence-electron chi connectivity index (χ3n) is 4.69. The maximum Gasteiger partial charge on any atom is 0.280 e. The summed E-state index contributed by atoms with van der Waals surface area (Å²) in [7, 11) is 0. The van der Waals surface area contributed by atoms with Gasteiger partial charge < -0.3 is 0 Å². The average molecular weight is 330 g/mol. The smallest absolute Gasteiger partial charge is 0.280 e. The molecule has 0 spiro atoms. The van der Waals surface area contributed by atoms with Crippen LogP contribution in [0, 0.1) is 17.8 Å². The minimum absolute atomic E-state index is 0.0428. The van der Waals surface area contributed by atoms with Crippen molar-refractivity contribution < 1.29 is 0 Å². The van der Waals surface area contributed by atoms with Gasteiger partial charge in [-0.05, 0) is 36.5 Å². The van der Waals surface area contributed by atoms with E-state index in [0.29, 0.717) is 22.6 Å². The average Bonchev–Trinajstić information content (AvgIpc) is 2.66. The molecule has 1 aliphatic rings. The molecule has 0 radical (unpaired) electrons. The van der Waals surface area contributed by atoms with Gasteiger partial charge in [0.2, 0.25) is 0 Å². The Bertz CT molecular complexity index is 1040. The highest BCUT2D eigenvalue weighted by molar-refractivity contribution is 5.74. The fourth-order valence-corrected chi connectivity index (χ4v) is 3.20. The van der Waals surface area contributed by atoms with Crippen LogP contribution in [-0.2, 0) is 13.0 Å². The molecule has 0 N–H and O–H groups in total. The molecule has 0 saturated carbocycles. The fourth-order valence-electron chi connectivity index (χ4n) is 3.20. The maximum atomic E-state index is 12.7. The zero-order valence-electron chi connectivity index (χ0n) is 14.1. The molecule has 25 heavy (non-hydrogen) atoms. The molecule has 1 unspecified atom stereocenters. The van der Waals surface area contributed by atoms with Gasteiger partial charge in [-0.1, -0.05) is 25.3 Å². The lowest BCUT2D eigenvalue weighted by Gasteiger charge is -2.24. The van der Waals surface area contributed by atoms with Crippen molar-refractivity contribution >= 4 is 11.0 Å². The second-order valence-corrected chi connectivity index (χ2v) is 6.31. The van der Waals surface area contributed by atoms with E-state index in [4.69, 9.17) is 4.98 Å². The first-order valence-corrected chi connectivity index (χ1v) is 8.57. The second kappa shape index (κ2) is 6.48. The van der Waals surface area contributed by atoms with Gasteiger partial charge in [-0.3, -0.25) is 9.36 Å². The zero-order chi connectivity index (χ0) is 17.2. The molecule has 0 aromatic carbocycles. The summed E-state index contributed by atoms with van der Waals surface area (Å²) in [4.78, 5) is 25.9. The predicted octanol–water partition coefficient (Wildman–Crippen LogP) is 2.56. The SMILES string of the molecule is CCC1CCn2c(nc3cc(C#Cc4ccccn4)cnc3c2=O)C1. The van der Waals surface area contributed by atoms with Crippen molar-refractivity contribution in [3.8, 4) is 11.8 Å². The van der Waals surface area contributed by atoms with Gasteiger partial charge >= 0.3 is 0 Å². The van der Waals surface area contributed by atoms with E-state index in [1.54, 1.807) is 17.0 Å². The Labute approximate surface area is 145 Å². The molecular weight excluding hydrogens is 312 g/mol.